The Hall–Kier alpha value is -1.51. The van der Waals surface area contributed by atoms with Crippen LogP contribution in [0, 0.1) is 6.92 Å². The zero-order valence-corrected chi connectivity index (χ0v) is 9.33. The topological polar surface area (TPSA) is 50.4 Å². The standard InChI is InChI=1S/C9H13N3.C2H6/c1-7-5-3-4-6-8(7)9(10)12-11-2;1-2/h3-6,11H,1-2H3,(H2,10,12);1-2H3. The summed E-state index contributed by atoms with van der Waals surface area (Å²) in [4.78, 5) is 0. The average molecular weight is 193 g/mol. The van der Waals surface area contributed by atoms with E-state index in [1.807, 2.05) is 45.0 Å². The Morgan fingerprint density at radius 3 is 2.36 bits per heavy atom. The van der Waals surface area contributed by atoms with Crippen LogP contribution < -0.4 is 11.2 Å². The van der Waals surface area contributed by atoms with Gasteiger partial charge in [0.25, 0.3) is 0 Å². The minimum Gasteiger partial charge on any atom is -0.382 e. The van der Waals surface area contributed by atoms with Crippen molar-refractivity contribution in [3.05, 3.63) is 35.4 Å². The number of nitrogens with zero attached hydrogens (tertiary/aromatic N) is 1. The first-order valence-electron chi connectivity index (χ1n) is 4.81. The van der Waals surface area contributed by atoms with E-state index in [9.17, 15) is 0 Å². The van der Waals surface area contributed by atoms with Gasteiger partial charge in [0.05, 0.1) is 0 Å². The van der Waals surface area contributed by atoms with Gasteiger partial charge in [0.2, 0.25) is 0 Å². The molecule has 3 heteroatoms. The molecule has 3 N–H and O–H groups in total. The molecule has 0 amide bonds. The molecule has 0 bridgehead atoms. The zero-order valence-electron chi connectivity index (χ0n) is 9.33. The van der Waals surface area contributed by atoms with Crippen molar-refractivity contribution in [1.29, 1.82) is 0 Å². The van der Waals surface area contributed by atoms with E-state index >= 15 is 0 Å². The Bertz CT molecular complexity index is 292. The molecule has 0 radical (unpaired) electrons. The van der Waals surface area contributed by atoms with Crippen LogP contribution in [0.4, 0.5) is 0 Å². The van der Waals surface area contributed by atoms with Crippen molar-refractivity contribution < 1.29 is 0 Å². The Balaban J connectivity index is 0.000000791. The lowest BCUT2D eigenvalue weighted by atomic mass is 10.1. The Kier molecular flexibility index (Phi) is 6.20. The number of hydrogen-bond acceptors (Lipinski definition) is 2. The third-order valence-corrected chi connectivity index (χ3v) is 1.65. The first-order chi connectivity index (χ1) is 6.75. The summed E-state index contributed by atoms with van der Waals surface area (Å²) in [6.07, 6.45) is 0. The molecule has 0 atom stereocenters. The van der Waals surface area contributed by atoms with Gasteiger partial charge in [-0.2, -0.15) is 5.10 Å². The summed E-state index contributed by atoms with van der Waals surface area (Å²) >= 11 is 0. The molecule has 0 aromatic heterocycles. The normalized spacial score (nSPS) is 10.1. The lowest BCUT2D eigenvalue weighted by Crippen LogP contribution is -2.18. The minimum absolute atomic E-state index is 0.524. The number of nitrogens with one attached hydrogen (secondary N) is 1. The monoisotopic (exact) mass is 193 g/mol. The van der Waals surface area contributed by atoms with Crippen molar-refractivity contribution in [2.45, 2.75) is 20.8 Å². The van der Waals surface area contributed by atoms with Crippen LogP contribution in [-0.4, -0.2) is 12.9 Å². The SMILES string of the molecule is CC.CN/N=C(/N)c1ccccc1C. The molecule has 1 rings (SSSR count). The van der Waals surface area contributed by atoms with Crippen LogP contribution >= 0.6 is 0 Å². The number of aryl methyl sites for hydroxylation is 1. The van der Waals surface area contributed by atoms with Gasteiger partial charge in [-0.3, -0.25) is 0 Å². The number of hydrazone groups is 1. The molecule has 0 heterocycles. The predicted molar refractivity (Wildman–Crippen MR) is 62.3 cm³/mol. The highest BCUT2D eigenvalue weighted by atomic mass is 15.3. The molecule has 0 fully saturated rings. The number of benzene rings is 1. The van der Waals surface area contributed by atoms with Gasteiger partial charge in [-0.15, -0.1) is 0 Å². The van der Waals surface area contributed by atoms with E-state index in [0.717, 1.165) is 11.1 Å². The Labute approximate surface area is 86.0 Å². The predicted octanol–water partition coefficient (Wildman–Crippen LogP) is 1.86. The third-order valence-electron chi connectivity index (χ3n) is 1.65. The highest BCUT2D eigenvalue weighted by molar-refractivity contribution is 5.98. The molecule has 0 aliphatic rings. The van der Waals surface area contributed by atoms with E-state index in [0.29, 0.717) is 5.84 Å². The van der Waals surface area contributed by atoms with Crippen LogP contribution in [0.1, 0.15) is 25.0 Å². The van der Waals surface area contributed by atoms with Gasteiger partial charge in [0, 0.05) is 12.6 Å². The molecule has 0 spiro atoms. The van der Waals surface area contributed by atoms with Crippen molar-refractivity contribution in [2.75, 3.05) is 7.05 Å². The quantitative estimate of drug-likeness (QED) is 0.428. The minimum atomic E-state index is 0.524. The maximum atomic E-state index is 5.69. The van der Waals surface area contributed by atoms with Gasteiger partial charge in [-0.25, -0.2) is 0 Å². The van der Waals surface area contributed by atoms with Gasteiger partial charge >= 0.3 is 0 Å². The highest BCUT2D eigenvalue weighted by Crippen LogP contribution is 2.05. The third kappa shape index (κ3) is 3.47. The fourth-order valence-corrected chi connectivity index (χ4v) is 1.04. The fourth-order valence-electron chi connectivity index (χ4n) is 1.04. The Morgan fingerprint density at radius 2 is 1.86 bits per heavy atom. The van der Waals surface area contributed by atoms with Crippen molar-refractivity contribution in [3.63, 3.8) is 0 Å². The van der Waals surface area contributed by atoms with Crippen molar-refractivity contribution >= 4 is 5.84 Å². The van der Waals surface area contributed by atoms with Crippen LogP contribution in [-0.2, 0) is 0 Å². The molecule has 78 valence electrons. The highest BCUT2D eigenvalue weighted by Gasteiger charge is 1.99. The van der Waals surface area contributed by atoms with Crippen molar-refractivity contribution in [1.82, 2.24) is 5.43 Å². The summed E-state index contributed by atoms with van der Waals surface area (Å²) in [5.41, 5.74) is 10.5. The van der Waals surface area contributed by atoms with Crippen molar-refractivity contribution in [3.8, 4) is 0 Å². The second kappa shape index (κ2) is 6.95. The van der Waals surface area contributed by atoms with Gasteiger partial charge in [0.1, 0.15) is 0 Å². The Morgan fingerprint density at radius 1 is 1.29 bits per heavy atom. The first kappa shape index (κ1) is 12.5. The van der Waals surface area contributed by atoms with Crippen molar-refractivity contribution in [2.24, 2.45) is 10.8 Å². The lowest BCUT2D eigenvalue weighted by molar-refractivity contribution is 0.897. The molecule has 0 aliphatic heterocycles. The maximum absolute atomic E-state index is 5.69. The smallest absolute Gasteiger partial charge is 0.150 e. The van der Waals surface area contributed by atoms with Crippen LogP contribution in [0.25, 0.3) is 0 Å². The number of amidine groups is 1. The summed E-state index contributed by atoms with van der Waals surface area (Å²) in [6.45, 7) is 6.01. The van der Waals surface area contributed by atoms with Crippen LogP contribution in [0.15, 0.2) is 29.4 Å². The van der Waals surface area contributed by atoms with Crippen LogP contribution in [0.2, 0.25) is 0 Å². The van der Waals surface area contributed by atoms with Gasteiger partial charge < -0.3 is 11.2 Å². The van der Waals surface area contributed by atoms with Gasteiger partial charge in [-0.05, 0) is 12.5 Å². The second-order valence-corrected chi connectivity index (χ2v) is 2.54. The molecule has 1 aromatic carbocycles. The summed E-state index contributed by atoms with van der Waals surface area (Å²) in [5.74, 6) is 0.524. The molecule has 0 saturated heterocycles. The summed E-state index contributed by atoms with van der Waals surface area (Å²) in [5, 5.41) is 3.90. The van der Waals surface area contributed by atoms with E-state index in [2.05, 4.69) is 10.5 Å². The lowest BCUT2D eigenvalue weighted by Gasteiger charge is -2.03. The molecule has 14 heavy (non-hydrogen) atoms. The molecule has 1 aromatic rings. The van der Waals surface area contributed by atoms with Gasteiger partial charge in [-0.1, -0.05) is 38.1 Å². The summed E-state index contributed by atoms with van der Waals surface area (Å²) in [6, 6.07) is 7.88. The van der Waals surface area contributed by atoms with Crippen LogP contribution in [0.3, 0.4) is 0 Å². The summed E-state index contributed by atoms with van der Waals surface area (Å²) in [7, 11) is 1.73. The second-order valence-electron chi connectivity index (χ2n) is 2.54. The van der Waals surface area contributed by atoms with E-state index in [-0.39, 0.29) is 0 Å². The molecule has 3 nitrogen and oxygen atoms in total. The number of rotatable bonds is 2. The van der Waals surface area contributed by atoms with E-state index in [1.165, 1.54) is 0 Å². The molecular formula is C11H19N3. The van der Waals surface area contributed by atoms with E-state index < -0.39 is 0 Å². The largest absolute Gasteiger partial charge is 0.382 e. The molecule has 0 aliphatic carbocycles. The zero-order chi connectivity index (χ0) is 11.0. The molecule has 0 saturated carbocycles. The first-order valence-corrected chi connectivity index (χ1v) is 4.81. The number of hydrogen-bond donors (Lipinski definition) is 2. The van der Waals surface area contributed by atoms with E-state index in [1.54, 1.807) is 7.05 Å². The van der Waals surface area contributed by atoms with E-state index in [4.69, 9.17) is 5.73 Å². The average Bonchev–Trinajstić information content (AvgIpc) is 2.22. The van der Waals surface area contributed by atoms with Gasteiger partial charge in [0.15, 0.2) is 5.84 Å². The molecule has 0 unspecified atom stereocenters. The van der Waals surface area contributed by atoms with Crippen LogP contribution in [0.5, 0.6) is 0 Å². The fraction of sp³-hybridized carbons (Fsp3) is 0.364. The maximum Gasteiger partial charge on any atom is 0.150 e. The summed E-state index contributed by atoms with van der Waals surface area (Å²) < 4.78 is 0. The molecular weight excluding hydrogens is 174 g/mol. The number of nitrogens with two attached hydrogens (primary N) is 1.